The zero-order chi connectivity index (χ0) is 22.0. The predicted octanol–water partition coefficient (Wildman–Crippen LogP) is 5.24. The van der Waals surface area contributed by atoms with Crippen molar-refractivity contribution in [2.45, 2.75) is 51.6 Å². The molecule has 0 saturated heterocycles. The zero-order valence-corrected chi connectivity index (χ0v) is 18.7. The van der Waals surface area contributed by atoms with Crippen LogP contribution in [0.1, 0.15) is 61.0 Å². The quantitative estimate of drug-likeness (QED) is 0.518. The number of nitrogens with zero attached hydrogens (tertiary/aromatic N) is 2. The van der Waals surface area contributed by atoms with Crippen molar-refractivity contribution in [3.05, 3.63) is 70.6 Å². The van der Waals surface area contributed by atoms with E-state index in [9.17, 15) is 9.59 Å². The summed E-state index contributed by atoms with van der Waals surface area (Å²) in [6.07, 6.45) is 2.65. The van der Waals surface area contributed by atoms with Gasteiger partial charge in [0.25, 0.3) is 0 Å². The van der Waals surface area contributed by atoms with Crippen LogP contribution in [0.3, 0.4) is 0 Å². The standard InChI is InChI=1S/C25H27N3O2S/c1-3-4-8-21(29)18-7-5-6-17(13-18)16-28-23(30)15-25(2,27-24(28)26)20-9-10-22-19(14-20)11-12-31-22/h5-7,9-14H,3-4,8,15-16H2,1-2H3,(H2,26,27). The Morgan fingerprint density at radius 1 is 1.23 bits per heavy atom. The smallest absolute Gasteiger partial charge is 0.232 e. The molecular weight excluding hydrogens is 406 g/mol. The molecule has 1 aliphatic rings. The fourth-order valence-corrected chi connectivity index (χ4v) is 4.79. The molecule has 31 heavy (non-hydrogen) atoms. The number of hydrogen-bond acceptors (Lipinski definition) is 5. The molecule has 1 aliphatic heterocycles. The Hall–Kier alpha value is -2.99. The van der Waals surface area contributed by atoms with Gasteiger partial charge in [0, 0.05) is 16.7 Å². The maximum absolute atomic E-state index is 13.1. The first kappa shape index (κ1) is 21.2. The number of carbonyl (C=O) groups excluding carboxylic acids is 2. The van der Waals surface area contributed by atoms with Gasteiger partial charge in [-0.3, -0.25) is 14.5 Å². The first-order valence-electron chi connectivity index (χ1n) is 10.7. The van der Waals surface area contributed by atoms with E-state index in [0.717, 1.165) is 29.4 Å². The molecule has 1 aromatic heterocycles. The van der Waals surface area contributed by atoms with Gasteiger partial charge >= 0.3 is 0 Å². The summed E-state index contributed by atoms with van der Waals surface area (Å²) in [6.45, 7) is 4.33. The molecular formula is C25H27N3O2S. The van der Waals surface area contributed by atoms with Gasteiger partial charge in [-0.05, 0) is 59.5 Å². The van der Waals surface area contributed by atoms with Gasteiger partial charge in [0.2, 0.25) is 5.91 Å². The van der Waals surface area contributed by atoms with E-state index in [2.05, 4.69) is 30.5 Å². The minimum absolute atomic E-state index is 0.0665. The van der Waals surface area contributed by atoms with Crippen LogP contribution in [0.25, 0.3) is 10.1 Å². The lowest BCUT2D eigenvalue weighted by Gasteiger charge is -2.35. The molecule has 1 atom stereocenters. The summed E-state index contributed by atoms with van der Waals surface area (Å²) in [5.74, 6) is 0.279. The number of fused-ring (bicyclic) bond motifs is 1. The first-order valence-corrected chi connectivity index (χ1v) is 11.5. The molecule has 5 nitrogen and oxygen atoms in total. The van der Waals surface area contributed by atoms with Gasteiger partial charge in [-0.25, -0.2) is 4.99 Å². The van der Waals surface area contributed by atoms with Crippen molar-refractivity contribution < 1.29 is 9.59 Å². The number of rotatable bonds is 7. The Kier molecular flexibility index (Phi) is 5.92. The van der Waals surface area contributed by atoms with Gasteiger partial charge in [-0.1, -0.05) is 37.6 Å². The number of ketones is 1. The summed E-state index contributed by atoms with van der Waals surface area (Å²) in [5.41, 5.74) is 8.12. The number of unbranched alkanes of at least 4 members (excludes halogenated alkanes) is 1. The third-order valence-electron chi connectivity index (χ3n) is 5.86. The van der Waals surface area contributed by atoms with E-state index in [0.29, 0.717) is 18.5 Å². The zero-order valence-electron chi connectivity index (χ0n) is 17.9. The Morgan fingerprint density at radius 3 is 2.84 bits per heavy atom. The van der Waals surface area contributed by atoms with Crippen molar-refractivity contribution in [1.82, 2.24) is 4.90 Å². The van der Waals surface area contributed by atoms with Crippen LogP contribution >= 0.6 is 11.3 Å². The first-order chi connectivity index (χ1) is 14.9. The summed E-state index contributed by atoms with van der Waals surface area (Å²) in [6, 6.07) is 15.7. The van der Waals surface area contributed by atoms with E-state index < -0.39 is 5.54 Å². The molecule has 3 aromatic rings. The van der Waals surface area contributed by atoms with E-state index in [1.54, 1.807) is 11.3 Å². The van der Waals surface area contributed by atoms with Crippen molar-refractivity contribution in [1.29, 1.82) is 0 Å². The molecule has 2 heterocycles. The van der Waals surface area contributed by atoms with Crippen molar-refractivity contribution in [3.63, 3.8) is 0 Å². The van der Waals surface area contributed by atoms with Crippen LogP contribution in [-0.4, -0.2) is 22.5 Å². The van der Waals surface area contributed by atoms with Crippen molar-refractivity contribution in [2.75, 3.05) is 0 Å². The highest BCUT2D eigenvalue weighted by Gasteiger charge is 2.37. The molecule has 0 saturated carbocycles. The van der Waals surface area contributed by atoms with Crippen LogP contribution < -0.4 is 5.73 Å². The van der Waals surface area contributed by atoms with Crippen LogP contribution in [0, 0.1) is 0 Å². The lowest BCUT2D eigenvalue weighted by molar-refractivity contribution is -0.130. The molecule has 6 heteroatoms. The van der Waals surface area contributed by atoms with E-state index in [1.807, 2.05) is 37.3 Å². The Bertz CT molecular complexity index is 1170. The second kappa shape index (κ2) is 8.63. The summed E-state index contributed by atoms with van der Waals surface area (Å²) in [7, 11) is 0. The van der Waals surface area contributed by atoms with E-state index in [1.165, 1.54) is 9.60 Å². The highest BCUT2D eigenvalue weighted by atomic mass is 32.1. The average Bonchev–Trinajstić information content (AvgIpc) is 3.23. The lowest BCUT2D eigenvalue weighted by atomic mass is 9.87. The number of aliphatic imine (C=N–C) groups is 1. The molecule has 0 aliphatic carbocycles. The van der Waals surface area contributed by atoms with Crippen LogP contribution in [0.15, 0.2) is 58.9 Å². The van der Waals surface area contributed by atoms with Crippen LogP contribution in [0.4, 0.5) is 0 Å². The number of Topliss-reactive ketones (excluding diaryl/α,β-unsaturated/α-hetero) is 1. The largest absolute Gasteiger partial charge is 0.369 e. The summed E-state index contributed by atoms with van der Waals surface area (Å²) >= 11 is 1.69. The number of amides is 1. The van der Waals surface area contributed by atoms with Gasteiger partial charge in [-0.2, -0.15) is 0 Å². The topological polar surface area (TPSA) is 75.8 Å². The summed E-state index contributed by atoms with van der Waals surface area (Å²) < 4.78 is 1.21. The molecule has 2 N–H and O–H groups in total. The SMILES string of the molecule is CCCCC(=O)c1cccc(CN2C(=O)CC(C)(c3ccc4sccc4c3)N=C2N)c1. The number of benzene rings is 2. The molecule has 0 radical (unpaired) electrons. The van der Waals surface area contributed by atoms with Gasteiger partial charge < -0.3 is 5.73 Å². The van der Waals surface area contributed by atoms with E-state index in [4.69, 9.17) is 10.7 Å². The summed E-state index contributed by atoms with van der Waals surface area (Å²) in [5, 5.41) is 3.21. The predicted molar refractivity (Wildman–Crippen MR) is 126 cm³/mol. The molecule has 160 valence electrons. The second-order valence-corrected chi connectivity index (χ2v) is 9.25. The molecule has 0 spiro atoms. The number of hydrogen-bond donors (Lipinski definition) is 1. The number of nitrogens with two attached hydrogens (primary N) is 1. The van der Waals surface area contributed by atoms with E-state index >= 15 is 0 Å². The van der Waals surface area contributed by atoms with E-state index in [-0.39, 0.29) is 24.1 Å². The molecule has 0 fully saturated rings. The molecule has 2 aromatic carbocycles. The highest BCUT2D eigenvalue weighted by Crippen LogP contribution is 2.36. The van der Waals surface area contributed by atoms with Gasteiger partial charge in [-0.15, -0.1) is 11.3 Å². The molecule has 1 unspecified atom stereocenters. The van der Waals surface area contributed by atoms with Crippen LogP contribution in [0.5, 0.6) is 0 Å². The minimum atomic E-state index is -0.689. The number of thiophene rings is 1. The second-order valence-electron chi connectivity index (χ2n) is 8.30. The molecule has 4 rings (SSSR count). The number of guanidine groups is 1. The van der Waals surface area contributed by atoms with Gasteiger partial charge in [0.1, 0.15) is 0 Å². The molecule has 1 amide bonds. The maximum Gasteiger partial charge on any atom is 0.232 e. The monoisotopic (exact) mass is 433 g/mol. The Morgan fingerprint density at radius 2 is 2.06 bits per heavy atom. The highest BCUT2D eigenvalue weighted by molar-refractivity contribution is 7.17. The van der Waals surface area contributed by atoms with Gasteiger partial charge in [0.05, 0.1) is 18.5 Å². The Labute approximate surface area is 186 Å². The van der Waals surface area contributed by atoms with Crippen molar-refractivity contribution >= 4 is 39.1 Å². The van der Waals surface area contributed by atoms with Crippen LogP contribution in [0.2, 0.25) is 0 Å². The molecule has 0 bridgehead atoms. The third-order valence-corrected chi connectivity index (χ3v) is 6.75. The normalized spacial score (nSPS) is 19.0. The third kappa shape index (κ3) is 4.39. The van der Waals surface area contributed by atoms with Gasteiger partial charge in [0.15, 0.2) is 11.7 Å². The van der Waals surface area contributed by atoms with Crippen molar-refractivity contribution in [2.24, 2.45) is 10.7 Å². The fourth-order valence-electron chi connectivity index (χ4n) is 4.02. The Balaban J connectivity index is 1.56. The minimum Gasteiger partial charge on any atom is -0.369 e. The summed E-state index contributed by atoms with van der Waals surface area (Å²) in [4.78, 5) is 31.7. The van der Waals surface area contributed by atoms with Crippen LogP contribution in [-0.2, 0) is 16.9 Å². The van der Waals surface area contributed by atoms with Crippen molar-refractivity contribution in [3.8, 4) is 0 Å². The number of carbonyl (C=O) groups is 2. The fraction of sp³-hybridized carbons (Fsp3) is 0.320. The maximum atomic E-state index is 13.1. The lowest BCUT2D eigenvalue weighted by Crippen LogP contribution is -2.49. The average molecular weight is 434 g/mol.